The fraction of sp³-hybridized carbons (Fsp3) is 0.320. The lowest BCUT2D eigenvalue weighted by Crippen LogP contribution is -2.51. The number of ketones is 1. The highest BCUT2D eigenvalue weighted by Crippen LogP contribution is 2.33. The number of nitrogens with zero attached hydrogens (tertiary/aromatic N) is 2. The van der Waals surface area contributed by atoms with Crippen LogP contribution in [0.5, 0.6) is 5.75 Å². The van der Waals surface area contributed by atoms with E-state index in [1.807, 2.05) is 49.4 Å². The summed E-state index contributed by atoms with van der Waals surface area (Å²) >= 11 is 6.41. The summed E-state index contributed by atoms with van der Waals surface area (Å²) in [7, 11) is 1.60. The molecule has 0 aromatic heterocycles. The summed E-state index contributed by atoms with van der Waals surface area (Å²) in [5.41, 5.74) is 8.54. The molecular formula is C25H31Cl4N3O2. The topological polar surface area (TPSA) is 58.8 Å². The molecule has 34 heavy (non-hydrogen) atoms. The molecule has 186 valence electrons. The second kappa shape index (κ2) is 13.4. The maximum Gasteiger partial charge on any atom is 0.179 e. The summed E-state index contributed by atoms with van der Waals surface area (Å²) in [6.07, 6.45) is 0. The minimum Gasteiger partial charge on any atom is -0.495 e. The van der Waals surface area contributed by atoms with E-state index in [0.717, 1.165) is 49.2 Å². The first-order valence-electron chi connectivity index (χ1n) is 10.6. The summed E-state index contributed by atoms with van der Waals surface area (Å²) < 4.78 is 5.28. The van der Waals surface area contributed by atoms with Gasteiger partial charge in [-0.05, 0) is 42.1 Å². The SMILES string of the molecule is COc1ccc2cc(C(=O)C(C)N3CCN(Cc4ccc(N)cc4)CC3)ccc2c1Cl.Cl.Cl.Cl. The number of fused-ring (bicyclic) bond motifs is 1. The molecule has 1 aliphatic rings. The fourth-order valence-corrected chi connectivity index (χ4v) is 4.49. The Morgan fingerprint density at radius 3 is 2.26 bits per heavy atom. The minimum absolute atomic E-state index is 0. The van der Waals surface area contributed by atoms with Crippen molar-refractivity contribution in [2.24, 2.45) is 0 Å². The Kier molecular flexibility index (Phi) is 11.9. The second-order valence-corrected chi connectivity index (χ2v) is 8.49. The normalized spacial score (nSPS) is 14.9. The van der Waals surface area contributed by atoms with E-state index in [2.05, 4.69) is 21.9 Å². The Bertz CT molecular complexity index is 1090. The quantitative estimate of drug-likeness (QED) is 0.315. The number of carbonyl (C=O) groups excluding carboxylic acids is 1. The van der Waals surface area contributed by atoms with Gasteiger partial charge in [0.1, 0.15) is 5.75 Å². The number of rotatable bonds is 6. The molecule has 0 bridgehead atoms. The van der Waals surface area contributed by atoms with E-state index in [-0.39, 0.29) is 49.0 Å². The van der Waals surface area contributed by atoms with Crippen molar-refractivity contribution in [3.05, 3.63) is 70.7 Å². The molecule has 3 aromatic rings. The molecule has 5 nitrogen and oxygen atoms in total. The third-order valence-electron chi connectivity index (χ3n) is 6.14. The van der Waals surface area contributed by atoms with Gasteiger partial charge < -0.3 is 10.5 Å². The smallest absolute Gasteiger partial charge is 0.179 e. The first-order valence-corrected chi connectivity index (χ1v) is 11.0. The molecule has 0 saturated carbocycles. The molecule has 1 atom stereocenters. The first kappa shape index (κ1) is 30.3. The third kappa shape index (κ3) is 6.69. The van der Waals surface area contributed by atoms with E-state index in [0.29, 0.717) is 16.3 Å². The Labute approximate surface area is 224 Å². The number of carbonyl (C=O) groups is 1. The summed E-state index contributed by atoms with van der Waals surface area (Å²) in [4.78, 5) is 17.9. The van der Waals surface area contributed by atoms with Crippen LogP contribution in [0.1, 0.15) is 22.8 Å². The number of halogens is 4. The summed E-state index contributed by atoms with van der Waals surface area (Å²) in [5, 5.41) is 2.41. The molecule has 0 radical (unpaired) electrons. The van der Waals surface area contributed by atoms with Gasteiger partial charge in [0.25, 0.3) is 0 Å². The zero-order valence-corrected chi connectivity index (χ0v) is 22.4. The Morgan fingerprint density at radius 1 is 1.00 bits per heavy atom. The van der Waals surface area contributed by atoms with Crippen molar-refractivity contribution in [3.63, 3.8) is 0 Å². The highest BCUT2D eigenvalue weighted by molar-refractivity contribution is 6.37. The van der Waals surface area contributed by atoms with Gasteiger partial charge in [-0.1, -0.05) is 41.9 Å². The molecule has 1 saturated heterocycles. The van der Waals surface area contributed by atoms with Crippen LogP contribution in [0.25, 0.3) is 10.8 Å². The Balaban J connectivity index is 0.00000193. The molecule has 1 unspecified atom stereocenters. The lowest BCUT2D eigenvalue weighted by Gasteiger charge is -2.37. The van der Waals surface area contributed by atoms with E-state index in [4.69, 9.17) is 22.1 Å². The predicted molar refractivity (Wildman–Crippen MR) is 149 cm³/mol. The van der Waals surface area contributed by atoms with Crippen LogP contribution >= 0.6 is 48.8 Å². The van der Waals surface area contributed by atoms with Crippen LogP contribution in [0, 0.1) is 0 Å². The van der Waals surface area contributed by atoms with Crippen LogP contribution in [0.2, 0.25) is 5.02 Å². The van der Waals surface area contributed by atoms with Crippen LogP contribution in [0.3, 0.4) is 0 Å². The van der Waals surface area contributed by atoms with Gasteiger partial charge in [0.05, 0.1) is 18.2 Å². The largest absolute Gasteiger partial charge is 0.495 e. The molecule has 1 heterocycles. The van der Waals surface area contributed by atoms with Gasteiger partial charge in [0.15, 0.2) is 5.78 Å². The molecule has 0 spiro atoms. The molecule has 3 aromatic carbocycles. The van der Waals surface area contributed by atoms with Gasteiger partial charge in [0, 0.05) is 49.4 Å². The maximum atomic E-state index is 13.2. The van der Waals surface area contributed by atoms with Crippen molar-refractivity contribution in [1.82, 2.24) is 9.80 Å². The summed E-state index contributed by atoms with van der Waals surface area (Å²) in [6, 6.07) is 17.4. The number of hydrogen-bond acceptors (Lipinski definition) is 5. The zero-order valence-electron chi connectivity index (χ0n) is 19.2. The number of anilines is 1. The lowest BCUT2D eigenvalue weighted by molar-refractivity contribution is 0.0687. The number of benzene rings is 3. The number of hydrogen-bond donors (Lipinski definition) is 1. The van der Waals surface area contributed by atoms with Gasteiger partial charge in [0.2, 0.25) is 0 Å². The van der Waals surface area contributed by atoms with Crippen LogP contribution in [-0.2, 0) is 6.54 Å². The molecule has 1 fully saturated rings. The predicted octanol–water partition coefficient (Wildman–Crippen LogP) is 5.74. The number of Topliss-reactive ketones (excluding diaryl/α,β-unsaturated/α-hetero) is 1. The standard InChI is InChI=1S/C25H28ClN3O2.3ClH/c1-17(29-13-11-28(12-14-29)16-18-3-7-21(27)8-4-18)25(30)20-5-9-22-19(15-20)6-10-23(31-2)24(22)26;;;/h3-10,15,17H,11-14,16,27H2,1-2H3;3*1H. The average molecular weight is 547 g/mol. The van der Waals surface area contributed by atoms with Gasteiger partial charge in [-0.3, -0.25) is 14.6 Å². The van der Waals surface area contributed by atoms with Gasteiger partial charge in [-0.15, -0.1) is 37.2 Å². The third-order valence-corrected chi connectivity index (χ3v) is 6.53. The van der Waals surface area contributed by atoms with Crippen molar-refractivity contribution < 1.29 is 9.53 Å². The van der Waals surface area contributed by atoms with E-state index in [1.165, 1.54) is 5.56 Å². The number of methoxy groups -OCH3 is 1. The molecule has 2 N–H and O–H groups in total. The maximum absolute atomic E-state index is 13.2. The summed E-state index contributed by atoms with van der Waals surface area (Å²) in [5.74, 6) is 0.777. The van der Waals surface area contributed by atoms with Crippen LogP contribution in [0.4, 0.5) is 5.69 Å². The first-order chi connectivity index (χ1) is 15.0. The number of piperazine rings is 1. The zero-order chi connectivity index (χ0) is 22.0. The van der Waals surface area contributed by atoms with Crippen molar-refractivity contribution >= 4 is 71.1 Å². The number of nitrogen functional groups attached to an aromatic ring is 1. The average Bonchev–Trinajstić information content (AvgIpc) is 2.80. The van der Waals surface area contributed by atoms with E-state index in [1.54, 1.807) is 7.11 Å². The van der Waals surface area contributed by atoms with E-state index in [9.17, 15) is 4.79 Å². The second-order valence-electron chi connectivity index (χ2n) is 8.11. The lowest BCUT2D eigenvalue weighted by atomic mass is 9.99. The highest BCUT2D eigenvalue weighted by atomic mass is 35.5. The van der Waals surface area contributed by atoms with Gasteiger partial charge in [-0.2, -0.15) is 0 Å². The van der Waals surface area contributed by atoms with Crippen molar-refractivity contribution in [3.8, 4) is 5.75 Å². The van der Waals surface area contributed by atoms with E-state index >= 15 is 0 Å². The number of ether oxygens (including phenoxy) is 1. The van der Waals surface area contributed by atoms with Crippen molar-refractivity contribution in [1.29, 1.82) is 0 Å². The highest BCUT2D eigenvalue weighted by Gasteiger charge is 2.26. The molecule has 9 heteroatoms. The molecule has 4 rings (SSSR count). The van der Waals surface area contributed by atoms with Gasteiger partial charge >= 0.3 is 0 Å². The molecule has 0 amide bonds. The molecule has 1 aliphatic heterocycles. The molecular weight excluding hydrogens is 516 g/mol. The minimum atomic E-state index is -0.162. The number of nitrogens with two attached hydrogens (primary N) is 1. The Hall–Kier alpha value is -1.73. The van der Waals surface area contributed by atoms with Gasteiger partial charge in [-0.25, -0.2) is 0 Å². The van der Waals surface area contributed by atoms with Crippen LogP contribution in [-0.4, -0.2) is 54.9 Å². The van der Waals surface area contributed by atoms with Crippen molar-refractivity contribution in [2.75, 3.05) is 39.0 Å². The van der Waals surface area contributed by atoms with Crippen LogP contribution in [0.15, 0.2) is 54.6 Å². The Morgan fingerprint density at radius 2 is 1.65 bits per heavy atom. The summed E-state index contributed by atoms with van der Waals surface area (Å²) in [6.45, 7) is 6.54. The monoisotopic (exact) mass is 545 g/mol. The molecule has 0 aliphatic carbocycles. The fourth-order valence-electron chi connectivity index (χ4n) is 4.18. The van der Waals surface area contributed by atoms with Crippen molar-refractivity contribution in [2.45, 2.75) is 19.5 Å². The van der Waals surface area contributed by atoms with Crippen LogP contribution < -0.4 is 10.5 Å². The van der Waals surface area contributed by atoms with E-state index < -0.39 is 0 Å².